The van der Waals surface area contributed by atoms with Gasteiger partial charge in [0, 0.05) is 17.7 Å². The Morgan fingerprint density at radius 2 is 2.26 bits per heavy atom. The number of fused-ring (bicyclic) bond motifs is 1. The molecule has 2 N–H and O–H groups in total. The lowest BCUT2D eigenvalue weighted by Crippen LogP contribution is -2.17. The van der Waals surface area contributed by atoms with E-state index >= 15 is 0 Å². The van der Waals surface area contributed by atoms with Crippen molar-refractivity contribution in [3.05, 3.63) is 26.7 Å². The molecule has 0 aliphatic heterocycles. The standard InChI is InChI=1S/C14H17N5O2S2/c1-2-4-11-18-19-14(23-11)16-10(20)7-22-12-8-5-3-6-9(8)15-13(21)17-12/h2-7H2,1H3,(H,15,17,21)(H,16,19,20). The van der Waals surface area contributed by atoms with Crippen LogP contribution in [0, 0.1) is 0 Å². The molecule has 1 aliphatic carbocycles. The Morgan fingerprint density at radius 1 is 1.39 bits per heavy atom. The number of aromatic amines is 1. The van der Waals surface area contributed by atoms with Crippen molar-refractivity contribution in [2.24, 2.45) is 0 Å². The van der Waals surface area contributed by atoms with Crippen LogP contribution in [0.25, 0.3) is 0 Å². The van der Waals surface area contributed by atoms with Crippen LogP contribution in [0.5, 0.6) is 0 Å². The van der Waals surface area contributed by atoms with Gasteiger partial charge in [-0.15, -0.1) is 10.2 Å². The van der Waals surface area contributed by atoms with Crippen LogP contribution in [-0.4, -0.2) is 31.8 Å². The number of amides is 1. The maximum Gasteiger partial charge on any atom is 0.346 e. The van der Waals surface area contributed by atoms with Crippen LogP contribution in [-0.2, 0) is 24.1 Å². The highest BCUT2D eigenvalue weighted by molar-refractivity contribution is 8.00. The Morgan fingerprint density at radius 3 is 3.09 bits per heavy atom. The molecule has 2 heterocycles. The molecule has 7 nitrogen and oxygen atoms in total. The van der Waals surface area contributed by atoms with Crippen LogP contribution >= 0.6 is 23.1 Å². The molecule has 9 heteroatoms. The first-order valence-corrected chi connectivity index (χ1v) is 9.33. The lowest BCUT2D eigenvalue weighted by molar-refractivity contribution is -0.113. The molecule has 2 aromatic rings. The fraction of sp³-hybridized carbons (Fsp3) is 0.500. The van der Waals surface area contributed by atoms with Crippen LogP contribution in [0.2, 0.25) is 0 Å². The highest BCUT2D eigenvalue weighted by Gasteiger charge is 2.19. The number of rotatable bonds is 6. The molecule has 23 heavy (non-hydrogen) atoms. The van der Waals surface area contributed by atoms with E-state index in [2.05, 4.69) is 32.4 Å². The quantitative estimate of drug-likeness (QED) is 0.608. The minimum Gasteiger partial charge on any atom is -0.309 e. The van der Waals surface area contributed by atoms with Crippen molar-refractivity contribution in [1.82, 2.24) is 20.2 Å². The van der Waals surface area contributed by atoms with Gasteiger partial charge in [0.25, 0.3) is 0 Å². The van der Waals surface area contributed by atoms with Crippen molar-refractivity contribution in [3.8, 4) is 0 Å². The SMILES string of the molecule is CCCc1nnc(NC(=O)CSc2nc(=O)[nH]c3c2CCC3)s1. The third-order valence-electron chi connectivity index (χ3n) is 3.45. The number of aryl methyl sites for hydroxylation is 2. The van der Waals surface area contributed by atoms with Crippen LogP contribution in [0.4, 0.5) is 5.13 Å². The molecular formula is C14H17N5O2S2. The number of nitrogens with one attached hydrogen (secondary N) is 2. The van der Waals surface area contributed by atoms with Gasteiger partial charge >= 0.3 is 5.69 Å². The maximum absolute atomic E-state index is 12.0. The average molecular weight is 351 g/mol. The monoisotopic (exact) mass is 351 g/mol. The van der Waals surface area contributed by atoms with Crippen LogP contribution in [0.1, 0.15) is 36.0 Å². The molecule has 0 bridgehead atoms. The summed E-state index contributed by atoms with van der Waals surface area (Å²) in [5, 5.41) is 12.8. The number of carbonyl (C=O) groups excluding carboxylic acids is 1. The van der Waals surface area contributed by atoms with Crippen molar-refractivity contribution < 1.29 is 4.79 Å². The summed E-state index contributed by atoms with van der Waals surface area (Å²) in [4.78, 5) is 30.4. The van der Waals surface area contributed by atoms with Crippen LogP contribution in [0.15, 0.2) is 9.82 Å². The highest BCUT2D eigenvalue weighted by atomic mass is 32.2. The van der Waals surface area contributed by atoms with E-state index in [1.807, 2.05) is 0 Å². The fourth-order valence-electron chi connectivity index (χ4n) is 2.46. The molecule has 0 atom stereocenters. The molecule has 0 aromatic carbocycles. The Hall–Kier alpha value is -1.74. The summed E-state index contributed by atoms with van der Waals surface area (Å²) in [5.41, 5.74) is 1.69. The number of thioether (sulfide) groups is 1. The second-order valence-electron chi connectivity index (χ2n) is 5.25. The third-order valence-corrected chi connectivity index (χ3v) is 5.37. The number of aromatic nitrogens is 4. The first-order chi connectivity index (χ1) is 11.2. The summed E-state index contributed by atoms with van der Waals surface area (Å²) < 4.78 is 0. The average Bonchev–Trinajstić information content (AvgIpc) is 3.14. The van der Waals surface area contributed by atoms with Gasteiger partial charge in [-0.1, -0.05) is 30.0 Å². The second-order valence-corrected chi connectivity index (χ2v) is 7.27. The molecule has 0 saturated carbocycles. The Labute approximate surface area is 141 Å². The van der Waals surface area contributed by atoms with Crippen molar-refractivity contribution in [2.45, 2.75) is 44.1 Å². The minimum atomic E-state index is -0.345. The third kappa shape index (κ3) is 3.97. The van der Waals surface area contributed by atoms with Gasteiger partial charge in [-0.3, -0.25) is 10.1 Å². The van der Waals surface area contributed by atoms with Crippen LogP contribution < -0.4 is 11.0 Å². The molecule has 2 aromatic heterocycles. The number of hydrogen-bond donors (Lipinski definition) is 2. The lowest BCUT2D eigenvalue weighted by Gasteiger charge is -2.05. The predicted molar refractivity (Wildman–Crippen MR) is 90.1 cm³/mol. The number of anilines is 1. The van der Waals surface area contributed by atoms with Gasteiger partial charge in [0.1, 0.15) is 10.0 Å². The molecule has 1 aliphatic rings. The molecular weight excluding hydrogens is 334 g/mol. The van der Waals surface area contributed by atoms with Gasteiger partial charge in [-0.25, -0.2) is 4.79 Å². The molecule has 0 radical (unpaired) electrons. The Balaban J connectivity index is 1.60. The smallest absolute Gasteiger partial charge is 0.309 e. The first kappa shape index (κ1) is 16.1. The number of H-pyrrole nitrogens is 1. The normalized spacial score (nSPS) is 13.1. The van der Waals surface area contributed by atoms with Gasteiger partial charge in [0.2, 0.25) is 11.0 Å². The van der Waals surface area contributed by atoms with E-state index < -0.39 is 0 Å². The second kappa shape index (κ2) is 7.22. The van der Waals surface area contributed by atoms with Gasteiger partial charge < -0.3 is 4.98 Å². The van der Waals surface area contributed by atoms with E-state index in [-0.39, 0.29) is 17.3 Å². The number of hydrogen-bond acceptors (Lipinski definition) is 7. The summed E-state index contributed by atoms with van der Waals surface area (Å²) in [6.07, 6.45) is 4.66. The summed E-state index contributed by atoms with van der Waals surface area (Å²) in [7, 11) is 0. The predicted octanol–water partition coefficient (Wildman–Crippen LogP) is 1.79. The van der Waals surface area contributed by atoms with Crippen molar-refractivity contribution in [2.75, 3.05) is 11.1 Å². The molecule has 0 spiro atoms. The number of carbonyl (C=O) groups is 1. The van der Waals surface area contributed by atoms with E-state index in [9.17, 15) is 9.59 Å². The molecule has 0 saturated heterocycles. The Kier molecular flexibility index (Phi) is 5.06. The van der Waals surface area contributed by atoms with E-state index in [0.717, 1.165) is 48.4 Å². The summed E-state index contributed by atoms with van der Waals surface area (Å²) in [6, 6.07) is 0. The van der Waals surface area contributed by atoms with Gasteiger partial charge in [-0.2, -0.15) is 4.98 Å². The van der Waals surface area contributed by atoms with E-state index in [4.69, 9.17) is 0 Å². The van der Waals surface area contributed by atoms with Crippen molar-refractivity contribution in [1.29, 1.82) is 0 Å². The molecule has 3 rings (SSSR count). The van der Waals surface area contributed by atoms with Gasteiger partial charge in [0.15, 0.2) is 0 Å². The van der Waals surface area contributed by atoms with E-state index in [1.165, 1.54) is 23.1 Å². The highest BCUT2D eigenvalue weighted by Crippen LogP contribution is 2.27. The van der Waals surface area contributed by atoms with Gasteiger partial charge in [0.05, 0.1) is 5.75 Å². The topological polar surface area (TPSA) is 101 Å². The Bertz CT molecular complexity index is 771. The van der Waals surface area contributed by atoms with Crippen molar-refractivity contribution in [3.63, 3.8) is 0 Å². The first-order valence-electron chi connectivity index (χ1n) is 7.53. The summed E-state index contributed by atoms with van der Waals surface area (Å²) >= 11 is 2.69. The molecule has 122 valence electrons. The summed E-state index contributed by atoms with van der Waals surface area (Å²) in [6.45, 7) is 2.07. The maximum atomic E-state index is 12.0. The van der Waals surface area contributed by atoms with Crippen LogP contribution in [0.3, 0.4) is 0 Å². The molecule has 0 fully saturated rings. The zero-order chi connectivity index (χ0) is 16.2. The molecule has 0 unspecified atom stereocenters. The molecule has 1 amide bonds. The van der Waals surface area contributed by atoms with E-state index in [1.54, 1.807) is 0 Å². The van der Waals surface area contributed by atoms with E-state index in [0.29, 0.717) is 10.2 Å². The zero-order valence-corrected chi connectivity index (χ0v) is 14.4. The largest absolute Gasteiger partial charge is 0.346 e. The lowest BCUT2D eigenvalue weighted by atomic mass is 10.3. The van der Waals surface area contributed by atoms with Crippen molar-refractivity contribution >= 4 is 34.1 Å². The zero-order valence-electron chi connectivity index (χ0n) is 12.7. The van der Waals surface area contributed by atoms with Gasteiger partial charge in [-0.05, 0) is 25.7 Å². The summed E-state index contributed by atoms with van der Waals surface area (Å²) in [5.74, 6) is 0.0361. The minimum absolute atomic E-state index is 0.164. The number of nitrogens with zero attached hydrogens (tertiary/aromatic N) is 3. The fourth-order valence-corrected chi connectivity index (χ4v) is 4.21.